The van der Waals surface area contributed by atoms with Crippen molar-refractivity contribution in [2.24, 2.45) is 0 Å². The van der Waals surface area contributed by atoms with Crippen molar-refractivity contribution in [1.29, 1.82) is 0 Å². The normalized spacial score (nSPS) is 12.7. The zero-order valence-electron chi connectivity index (χ0n) is 14.3. The summed E-state index contributed by atoms with van der Waals surface area (Å²) in [6, 6.07) is 22.3. The van der Waals surface area contributed by atoms with E-state index in [4.69, 9.17) is 0 Å². The van der Waals surface area contributed by atoms with E-state index in [-0.39, 0.29) is 18.1 Å². The molecule has 0 saturated carbocycles. The number of anilines is 3. The Morgan fingerprint density at radius 3 is 2.46 bits per heavy atom. The van der Waals surface area contributed by atoms with Crippen LogP contribution in [0.3, 0.4) is 0 Å². The molecule has 0 fully saturated rings. The minimum absolute atomic E-state index is 0.115. The Hall–Kier alpha value is -3.14. The van der Waals surface area contributed by atoms with E-state index in [2.05, 4.69) is 34.5 Å². The van der Waals surface area contributed by atoms with Crippen LogP contribution in [0, 0.1) is 5.82 Å². The molecule has 1 aliphatic heterocycles. The number of hydrogen-bond acceptors (Lipinski definition) is 2. The standard InChI is InChI=1S/C22H19FN2O/c23-18-7-5-16(6-8-18)15-22(26)24-19-9-11-20(12-10-19)25-14-13-17-3-1-2-4-21(17)25/h1-12H,13-15H2,(H,24,26). The fourth-order valence-electron chi connectivity index (χ4n) is 3.32. The lowest BCUT2D eigenvalue weighted by atomic mass is 10.1. The van der Waals surface area contributed by atoms with Crippen LogP contribution >= 0.6 is 0 Å². The second-order valence-electron chi connectivity index (χ2n) is 6.43. The molecule has 1 heterocycles. The number of benzene rings is 3. The molecule has 0 radical (unpaired) electrons. The molecule has 0 spiro atoms. The van der Waals surface area contributed by atoms with Crippen molar-refractivity contribution in [3.05, 3.63) is 89.7 Å². The predicted octanol–water partition coefficient (Wildman–Crippen LogP) is 4.70. The fourth-order valence-corrected chi connectivity index (χ4v) is 3.32. The average Bonchev–Trinajstić information content (AvgIpc) is 3.08. The zero-order chi connectivity index (χ0) is 17.9. The van der Waals surface area contributed by atoms with Crippen LogP contribution in [0.2, 0.25) is 0 Å². The van der Waals surface area contributed by atoms with E-state index >= 15 is 0 Å². The molecule has 3 aromatic carbocycles. The van der Waals surface area contributed by atoms with Crippen molar-refractivity contribution >= 4 is 23.0 Å². The Bertz CT molecular complexity index is 920. The highest BCUT2D eigenvalue weighted by molar-refractivity contribution is 5.92. The molecule has 1 amide bonds. The van der Waals surface area contributed by atoms with Gasteiger partial charge in [-0.05, 0) is 60.0 Å². The van der Waals surface area contributed by atoms with Crippen LogP contribution in [-0.2, 0) is 17.6 Å². The fraction of sp³-hybridized carbons (Fsp3) is 0.136. The molecule has 4 rings (SSSR count). The summed E-state index contributed by atoms with van der Waals surface area (Å²) in [5.41, 5.74) is 5.28. The first-order chi connectivity index (χ1) is 12.7. The Morgan fingerprint density at radius 2 is 1.69 bits per heavy atom. The molecule has 1 aliphatic rings. The minimum atomic E-state index is -0.298. The van der Waals surface area contributed by atoms with Gasteiger partial charge in [0.2, 0.25) is 5.91 Å². The Balaban J connectivity index is 1.42. The van der Waals surface area contributed by atoms with Crippen molar-refractivity contribution in [3.8, 4) is 0 Å². The summed E-state index contributed by atoms with van der Waals surface area (Å²) in [6.07, 6.45) is 1.27. The zero-order valence-corrected chi connectivity index (χ0v) is 14.3. The maximum atomic E-state index is 12.9. The van der Waals surface area contributed by atoms with Gasteiger partial charge in [-0.1, -0.05) is 30.3 Å². The highest BCUT2D eigenvalue weighted by Crippen LogP contribution is 2.34. The topological polar surface area (TPSA) is 32.3 Å². The van der Waals surface area contributed by atoms with Gasteiger partial charge in [0.25, 0.3) is 0 Å². The quantitative estimate of drug-likeness (QED) is 0.742. The number of amides is 1. The van der Waals surface area contributed by atoms with E-state index in [0.717, 1.165) is 29.9 Å². The summed E-state index contributed by atoms with van der Waals surface area (Å²) >= 11 is 0. The van der Waals surface area contributed by atoms with Crippen molar-refractivity contribution in [2.75, 3.05) is 16.8 Å². The monoisotopic (exact) mass is 346 g/mol. The molecule has 26 heavy (non-hydrogen) atoms. The third-order valence-electron chi connectivity index (χ3n) is 4.63. The van der Waals surface area contributed by atoms with E-state index in [9.17, 15) is 9.18 Å². The lowest BCUT2D eigenvalue weighted by molar-refractivity contribution is -0.115. The number of carbonyl (C=O) groups excluding carboxylic acids is 1. The maximum Gasteiger partial charge on any atom is 0.228 e. The summed E-state index contributed by atoms with van der Waals surface area (Å²) in [6.45, 7) is 0.968. The van der Waals surface area contributed by atoms with Crippen LogP contribution in [0.1, 0.15) is 11.1 Å². The molecule has 1 N–H and O–H groups in total. The molecular weight excluding hydrogens is 327 g/mol. The van der Waals surface area contributed by atoms with E-state index in [1.54, 1.807) is 12.1 Å². The van der Waals surface area contributed by atoms with Gasteiger partial charge in [0.05, 0.1) is 6.42 Å². The van der Waals surface area contributed by atoms with E-state index < -0.39 is 0 Å². The maximum absolute atomic E-state index is 12.9. The lowest BCUT2D eigenvalue weighted by Crippen LogP contribution is -2.15. The van der Waals surface area contributed by atoms with Crippen LogP contribution in [0.25, 0.3) is 0 Å². The summed E-state index contributed by atoms with van der Waals surface area (Å²) in [7, 11) is 0. The number of rotatable bonds is 4. The van der Waals surface area contributed by atoms with Crippen LogP contribution in [-0.4, -0.2) is 12.5 Å². The second kappa shape index (κ2) is 7.00. The van der Waals surface area contributed by atoms with Crippen LogP contribution in [0.4, 0.5) is 21.5 Å². The second-order valence-corrected chi connectivity index (χ2v) is 6.43. The van der Waals surface area contributed by atoms with Gasteiger partial charge in [0.15, 0.2) is 0 Å². The molecule has 3 aromatic rings. The summed E-state index contributed by atoms with van der Waals surface area (Å²) in [5, 5.41) is 2.89. The first kappa shape index (κ1) is 16.3. The smallest absolute Gasteiger partial charge is 0.228 e. The molecule has 130 valence electrons. The molecule has 0 atom stereocenters. The first-order valence-electron chi connectivity index (χ1n) is 8.69. The predicted molar refractivity (Wildman–Crippen MR) is 102 cm³/mol. The highest BCUT2D eigenvalue weighted by atomic mass is 19.1. The largest absolute Gasteiger partial charge is 0.341 e. The third-order valence-corrected chi connectivity index (χ3v) is 4.63. The molecule has 0 bridgehead atoms. The molecular formula is C22H19FN2O. The molecule has 0 saturated heterocycles. The number of nitrogens with one attached hydrogen (secondary N) is 1. The van der Waals surface area contributed by atoms with E-state index in [1.807, 2.05) is 24.3 Å². The van der Waals surface area contributed by atoms with Crippen LogP contribution < -0.4 is 10.2 Å². The van der Waals surface area contributed by atoms with Gasteiger partial charge in [-0.3, -0.25) is 4.79 Å². The average molecular weight is 346 g/mol. The number of nitrogens with zero attached hydrogens (tertiary/aromatic N) is 1. The molecule has 0 unspecified atom stereocenters. The molecule has 0 aromatic heterocycles. The third kappa shape index (κ3) is 3.45. The molecule has 3 nitrogen and oxygen atoms in total. The number of para-hydroxylation sites is 1. The Morgan fingerprint density at radius 1 is 0.962 bits per heavy atom. The SMILES string of the molecule is O=C(Cc1ccc(F)cc1)Nc1ccc(N2CCc3ccccc32)cc1. The number of carbonyl (C=O) groups is 1. The van der Waals surface area contributed by atoms with Gasteiger partial charge >= 0.3 is 0 Å². The Kier molecular flexibility index (Phi) is 4.40. The number of hydrogen-bond donors (Lipinski definition) is 1. The molecule has 4 heteroatoms. The van der Waals surface area contributed by atoms with Crippen LogP contribution in [0.15, 0.2) is 72.8 Å². The highest BCUT2D eigenvalue weighted by Gasteiger charge is 2.19. The minimum Gasteiger partial charge on any atom is -0.341 e. The van der Waals surface area contributed by atoms with E-state index in [1.165, 1.54) is 23.4 Å². The molecule has 0 aliphatic carbocycles. The van der Waals surface area contributed by atoms with Gasteiger partial charge in [-0.25, -0.2) is 4.39 Å². The Labute approximate surface area is 152 Å². The summed E-state index contributed by atoms with van der Waals surface area (Å²) < 4.78 is 12.9. The summed E-state index contributed by atoms with van der Waals surface area (Å²) in [4.78, 5) is 14.4. The lowest BCUT2D eigenvalue weighted by Gasteiger charge is -2.20. The van der Waals surface area contributed by atoms with Gasteiger partial charge in [-0.15, -0.1) is 0 Å². The van der Waals surface area contributed by atoms with Crippen molar-refractivity contribution in [3.63, 3.8) is 0 Å². The number of fused-ring (bicyclic) bond motifs is 1. The van der Waals surface area contributed by atoms with Crippen molar-refractivity contribution in [2.45, 2.75) is 12.8 Å². The first-order valence-corrected chi connectivity index (χ1v) is 8.69. The van der Waals surface area contributed by atoms with Crippen LogP contribution in [0.5, 0.6) is 0 Å². The number of halogens is 1. The van der Waals surface area contributed by atoms with Gasteiger partial charge in [-0.2, -0.15) is 0 Å². The van der Waals surface area contributed by atoms with Gasteiger partial charge in [0, 0.05) is 23.6 Å². The van der Waals surface area contributed by atoms with Gasteiger partial charge in [0.1, 0.15) is 5.82 Å². The van der Waals surface area contributed by atoms with Gasteiger partial charge < -0.3 is 10.2 Å². The van der Waals surface area contributed by atoms with Crippen molar-refractivity contribution < 1.29 is 9.18 Å². The van der Waals surface area contributed by atoms with E-state index in [0.29, 0.717) is 0 Å². The summed E-state index contributed by atoms with van der Waals surface area (Å²) in [5.74, 6) is -0.413. The van der Waals surface area contributed by atoms with Crippen molar-refractivity contribution in [1.82, 2.24) is 0 Å².